The summed E-state index contributed by atoms with van der Waals surface area (Å²) in [7, 11) is -3.96. The molecule has 1 aromatic carbocycles. The van der Waals surface area contributed by atoms with Crippen LogP contribution >= 0.6 is 7.37 Å². The van der Waals surface area contributed by atoms with Crippen molar-refractivity contribution in [3.63, 3.8) is 0 Å². The van der Waals surface area contributed by atoms with Gasteiger partial charge in [-0.1, -0.05) is 26.0 Å². The van der Waals surface area contributed by atoms with Crippen molar-refractivity contribution in [2.45, 2.75) is 25.9 Å². The van der Waals surface area contributed by atoms with Crippen molar-refractivity contribution in [3.8, 4) is 0 Å². The van der Waals surface area contributed by atoms with Crippen molar-refractivity contribution in [1.29, 1.82) is 0 Å². The summed E-state index contributed by atoms with van der Waals surface area (Å²) >= 11 is 0. The largest absolute Gasteiger partial charge is 0.429 e. The van der Waals surface area contributed by atoms with E-state index >= 15 is 0 Å². The lowest BCUT2D eigenvalue weighted by Gasteiger charge is -2.29. The van der Waals surface area contributed by atoms with Crippen LogP contribution in [0.4, 0.5) is 23.2 Å². The molecular formula is C12H14F4NO4P. The van der Waals surface area contributed by atoms with E-state index in [1.54, 1.807) is 0 Å². The van der Waals surface area contributed by atoms with Gasteiger partial charge in [0.15, 0.2) is 0 Å². The number of halogens is 4. The molecule has 0 aromatic heterocycles. The molecule has 0 bridgehead atoms. The van der Waals surface area contributed by atoms with Gasteiger partial charge in [0.05, 0.1) is 4.92 Å². The molecule has 5 nitrogen and oxygen atoms in total. The van der Waals surface area contributed by atoms with E-state index in [1.807, 2.05) is 0 Å². The fourth-order valence-corrected chi connectivity index (χ4v) is 2.91. The van der Waals surface area contributed by atoms with Crippen LogP contribution in [0.2, 0.25) is 0 Å². The number of rotatable bonds is 7. The van der Waals surface area contributed by atoms with E-state index in [0.29, 0.717) is 12.1 Å². The number of alkyl halides is 4. The Morgan fingerprint density at radius 2 is 1.68 bits per heavy atom. The second-order valence-electron chi connectivity index (χ2n) is 4.40. The Morgan fingerprint density at radius 1 is 1.18 bits per heavy atom. The molecule has 0 saturated heterocycles. The maximum atomic E-state index is 14.1. The lowest BCUT2D eigenvalue weighted by molar-refractivity contribution is -0.391. The molecule has 0 saturated carbocycles. The van der Waals surface area contributed by atoms with Gasteiger partial charge >= 0.3 is 12.0 Å². The highest BCUT2D eigenvalue weighted by Crippen LogP contribution is 2.57. The first kappa shape index (κ1) is 18.6. The average molecular weight is 343 g/mol. The van der Waals surface area contributed by atoms with Crippen LogP contribution in [0.25, 0.3) is 0 Å². The predicted molar refractivity (Wildman–Crippen MR) is 71.7 cm³/mol. The summed E-state index contributed by atoms with van der Waals surface area (Å²) in [5.41, 5.74) is -2.66. The summed E-state index contributed by atoms with van der Waals surface area (Å²) in [6.45, 7) is 2.53. The zero-order valence-corrected chi connectivity index (χ0v) is 12.7. The fraction of sp³-hybridized carbons (Fsp3) is 0.500. The Balaban J connectivity index is 3.33. The molecule has 1 aromatic rings. The lowest BCUT2D eigenvalue weighted by Crippen LogP contribution is -2.40. The van der Waals surface area contributed by atoms with Gasteiger partial charge < -0.3 is 0 Å². The first-order valence-corrected chi connectivity index (χ1v) is 8.28. The van der Waals surface area contributed by atoms with Crippen molar-refractivity contribution in [3.05, 3.63) is 39.9 Å². The maximum absolute atomic E-state index is 14.1. The third-order valence-corrected chi connectivity index (χ3v) is 5.54. The highest BCUT2D eigenvalue weighted by molar-refractivity contribution is 7.58. The van der Waals surface area contributed by atoms with Gasteiger partial charge in [0, 0.05) is 18.4 Å². The van der Waals surface area contributed by atoms with Gasteiger partial charge in [0.25, 0.3) is 5.69 Å². The van der Waals surface area contributed by atoms with Crippen LogP contribution < -0.4 is 0 Å². The second-order valence-corrected chi connectivity index (χ2v) is 7.48. The molecule has 0 amide bonds. The smallest absolute Gasteiger partial charge is 0.293 e. The van der Waals surface area contributed by atoms with E-state index in [-0.39, 0.29) is 12.3 Å². The third kappa shape index (κ3) is 3.47. The van der Waals surface area contributed by atoms with Crippen molar-refractivity contribution in [1.82, 2.24) is 0 Å². The van der Waals surface area contributed by atoms with Crippen molar-refractivity contribution in [2.24, 2.45) is 0 Å². The lowest BCUT2D eigenvalue weighted by atomic mass is 10.1. The van der Waals surface area contributed by atoms with Gasteiger partial charge in [-0.3, -0.25) is 19.2 Å². The van der Waals surface area contributed by atoms with Crippen LogP contribution in [0, 0.1) is 10.1 Å². The molecule has 0 radical (unpaired) electrons. The number of hydrogen-bond acceptors (Lipinski definition) is 4. The summed E-state index contributed by atoms with van der Waals surface area (Å²) in [6.07, 6.45) is -5.85. The molecule has 0 N–H and O–H groups in total. The zero-order valence-electron chi connectivity index (χ0n) is 11.8. The number of para-hydroxylation sites is 1. The molecule has 0 fully saturated rings. The van der Waals surface area contributed by atoms with Gasteiger partial charge in [-0.05, 0) is 6.07 Å². The van der Waals surface area contributed by atoms with Gasteiger partial charge in [-0.25, -0.2) is 0 Å². The molecule has 1 rings (SSSR count). The van der Waals surface area contributed by atoms with E-state index in [9.17, 15) is 32.2 Å². The third-order valence-electron chi connectivity index (χ3n) is 3.05. The average Bonchev–Trinajstić information content (AvgIpc) is 2.46. The molecule has 0 aliphatic carbocycles. The molecule has 0 atom stereocenters. The summed E-state index contributed by atoms with van der Waals surface area (Å²) in [5.74, 6) is -5.00. The summed E-state index contributed by atoms with van der Waals surface area (Å²) < 4.78 is 71.6. The number of nitro benzene ring substituents is 1. The zero-order chi connectivity index (χ0) is 17.2. The van der Waals surface area contributed by atoms with Gasteiger partial charge in [-0.2, -0.15) is 17.6 Å². The molecule has 0 heterocycles. The first-order valence-electron chi connectivity index (χ1n) is 6.29. The molecular weight excluding hydrogens is 329 g/mol. The molecule has 10 heteroatoms. The predicted octanol–water partition coefficient (Wildman–Crippen LogP) is 4.61. The minimum atomic E-state index is -5.14. The van der Waals surface area contributed by atoms with E-state index in [2.05, 4.69) is 4.52 Å². The van der Waals surface area contributed by atoms with E-state index in [0.717, 1.165) is 12.1 Å². The number of nitro groups is 1. The first-order chi connectivity index (χ1) is 10.0. The minimum Gasteiger partial charge on any atom is -0.293 e. The molecule has 0 spiro atoms. The Hall–Kier alpha value is -1.47. The summed E-state index contributed by atoms with van der Waals surface area (Å²) in [4.78, 5) is 9.53. The topological polar surface area (TPSA) is 69.4 Å². The molecule has 124 valence electrons. The summed E-state index contributed by atoms with van der Waals surface area (Å²) in [6, 6.07) is 3.22. The Bertz CT molecular complexity index is 601. The highest BCUT2D eigenvalue weighted by Gasteiger charge is 2.63. The van der Waals surface area contributed by atoms with Crippen molar-refractivity contribution < 1.29 is 31.6 Å². The van der Waals surface area contributed by atoms with Crippen LogP contribution in [-0.4, -0.2) is 23.4 Å². The normalized spacial score (nSPS) is 13.2. The van der Waals surface area contributed by atoms with Crippen LogP contribution in [0.3, 0.4) is 0 Å². The van der Waals surface area contributed by atoms with Crippen LogP contribution in [0.1, 0.15) is 19.4 Å². The molecule has 0 aliphatic heterocycles. The van der Waals surface area contributed by atoms with E-state index < -0.39 is 35.6 Å². The monoisotopic (exact) mass is 343 g/mol. The Morgan fingerprint density at radius 3 is 2.14 bits per heavy atom. The second kappa shape index (κ2) is 6.34. The maximum Gasteiger partial charge on any atom is 0.429 e. The number of hydrogen-bond donors (Lipinski definition) is 0. The highest BCUT2D eigenvalue weighted by atomic mass is 31.2. The number of benzene rings is 1. The Labute approximate surface area is 123 Å². The molecule has 0 unspecified atom stereocenters. The standard InChI is InChI=1S/C12H14F4NO4P/c1-3-22(20,4-2)21-12(15,16)11(13,14)9-7-5-6-8-10(9)17(18)19/h5-8H,3-4H2,1-2H3. The van der Waals surface area contributed by atoms with E-state index in [4.69, 9.17) is 0 Å². The minimum absolute atomic E-state index is 0.355. The van der Waals surface area contributed by atoms with Crippen LogP contribution in [0.5, 0.6) is 0 Å². The number of nitrogens with zero attached hydrogens (tertiary/aromatic N) is 1. The SMILES string of the molecule is CCP(=O)(CC)OC(F)(F)C(F)(F)c1ccccc1[N+](=O)[O-]. The van der Waals surface area contributed by atoms with Crippen molar-refractivity contribution in [2.75, 3.05) is 12.3 Å². The molecule has 0 aliphatic rings. The fourth-order valence-electron chi connectivity index (χ4n) is 1.67. The molecule has 22 heavy (non-hydrogen) atoms. The van der Waals surface area contributed by atoms with Gasteiger partial charge in [0.1, 0.15) is 5.56 Å². The van der Waals surface area contributed by atoms with Crippen molar-refractivity contribution >= 4 is 13.1 Å². The quantitative estimate of drug-likeness (QED) is 0.314. The van der Waals surface area contributed by atoms with E-state index in [1.165, 1.54) is 13.8 Å². The van der Waals surface area contributed by atoms with Crippen LogP contribution in [0.15, 0.2) is 24.3 Å². The van der Waals surface area contributed by atoms with Gasteiger partial charge in [-0.15, -0.1) is 0 Å². The summed E-state index contributed by atoms with van der Waals surface area (Å²) in [5, 5.41) is 10.7. The van der Waals surface area contributed by atoms with Crippen LogP contribution in [-0.2, 0) is 15.0 Å². The van der Waals surface area contributed by atoms with Gasteiger partial charge in [0.2, 0.25) is 7.37 Å². The Kier molecular flexibility index (Phi) is 5.35.